The van der Waals surface area contributed by atoms with Crippen molar-refractivity contribution in [2.45, 2.75) is 13.8 Å². The highest BCUT2D eigenvalue weighted by Crippen LogP contribution is 2.26. The first kappa shape index (κ1) is 21.7. The van der Waals surface area contributed by atoms with Gasteiger partial charge < -0.3 is 15.4 Å². The maximum Gasteiger partial charge on any atom is 0.262 e. The summed E-state index contributed by atoms with van der Waals surface area (Å²) in [5.41, 5.74) is 3.24. The first-order valence-electron chi connectivity index (χ1n) is 9.18. The van der Waals surface area contributed by atoms with Crippen molar-refractivity contribution in [1.29, 1.82) is 0 Å². The Labute approximate surface area is 185 Å². The number of halogens is 2. The molecule has 0 heterocycles. The number of ether oxygens (including phenoxy) is 1. The number of aryl methyl sites for hydroxylation is 2. The average Bonchev–Trinajstić information content (AvgIpc) is 2.70. The summed E-state index contributed by atoms with van der Waals surface area (Å²) in [6.45, 7) is 3.59. The van der Waals surface area contributed by atoms with E-state index < -0.39 is 0 Å². The van der Waals surface area contributed by atoms with Gasteiger partial charge in [-0.05, 0) is 73.5 Å². The zero-order chi connectivity index (χ0) is 21.7. The number of anilines is 2. The highest BCUT2D eigenvalue weighted by molar-refractivity contribution is 6.32. The topological polar surface area (TPSA) is 67.4 Å². The zero-order valence-corrected chi connectivity index (χ0v) is 18.0. The van der Waals surface area contributed by atoms with Gasteiger partial charge >= 0.3 is 0 Å². The quantitative estimate of drug-likeness (QED) is 0.500. The monoisotopic (exact) mass is 442 g/mol. The minimum absolute atomic E-state index is 0.167. The Morgan fingerprint density at radius 3 is 2.17 bits per heavy atom. The van der Waals surface area contributed by atoms with E-state index in [1.165, 1.54) is 0 Å². The molecule has 0 atom stereocenters. The van der Waals surface area contributed by atoms with E-state index in [1.54, 1.807) is 60.7 Å². The molecule has 2 amide bonds. The zero-order valence-electron chi connectivity index (χ0n) is 16.5. The summed E-state index contributed by atoms with van der Waals surface area (Å²) in [4.78, 5) is 24.7. The fourth-order valence-electron chi connectivity index (χ4n) is 2.84. The van der Waals surface area contributed by atoms with Crippen LogP contribution in [0.15, 0.2) is 60.7 Å². The van der Waals surface area contributed by atoms with Crippen molar-refractivity contribution < 1.29 is 14.3 Å². The summed E-state index contributed by atoms with van der Waals surface area (Å²) in [5, 5.41) is 6.71. The first-order chi connectivity index (χ1) is 14.3. The molecule has 0 spiro atoms. The van der Waals surface area contributed by atoms with Gasteiger partial charge in [-0.25, -0.2) is 0 Å². The Bertz CT molecular complexity index is 1080. The van der Waals surface area contributed by atoms with E-state index >= 15 is 0 Å². The van der Waals surface area contributed by atoms with Crippen LogP contribution in [0.25, 0.3) is 0 Å². The molecule has 2 N–H and O–H groups in total. The number of carbonyl (C=O) groups is 2. The molecule has 5 nitrogen and oxygen atoms in total. The molecule has 0 fully saturated rings. The number of carbonyl (C=O) groups excluding carboxylic acids is 2. The minimum Gasteiger partial charge on any atom is -0.484 e. The standard InChI is InChI=1S/C23H20Cl2N2O3/c1-14-9-20(10-15(2)22(14)25)30-13-21(28)26-18-7-3-5-16(11-18)23(29)27-19-8-4-6-17(24)12-19/h3-12H,13H2,1-2H3,(H,26,28)(H,27,29). The molecular formula is C23H20Cl2N2O3. The van der Waals surface area contributed by atoms with E-state index in [9.17, 15) is 9.59 Å². The van der Waals surface area contributed by atoms with Gasteiger partial charge in [0.25, 0.3) is 11.8 Å². The van der Waals surface area contributed by atoms with E-state index in [4.69, 9.17) is 27.9 Å². The first-order valence-corrected chi connectivity index (χ1v) is 9.94. The molecule has 0 aliphatic heterocycles. The Hall–Kier alpha value is -3.02. The van der Waals surface area contributed by atoms with Crippen molar-refractivity contribution >= 4 is 46.4 Å². The van der Waals surface area contributed by atoms with Crippen molar-refractivity contribution in [3.8, 4) is 5.75 Å². The van der Waals surface area contributed by atoms with Crippen LogP contribution in [0.4, 0.5) is 11.4 Å². The molecule has 7 heteroatoms. The maximum absolute atomic E-state index is 12.5. The Morgan fingerprint density at radius 2 is 1.50 bits per heavy atom. The SMILES string of the molecule is Cc1cc(OCC(=O)Nc2cccc(C(=O)Nc3cccc(Cl)c3)c2)cc(C)c1Cl. The molecule has 3 aromatic rings. The molecular weight excluding hydrogens is 423 g/mol. The van der Waals surface area contributed by atoms with Crippen molar-refractivity contribution in [2.24, 2.45) is 0 Å². The van der Waals surface area contributed by atoms with Crippen LogP contribution in [0.2, 0.25) is 10.0 Å². The number of amides is 2. The molecule has 0 aliphatic rings. The highest BCUT2D eigenvalue weighted by Gasteiger charge is 2.10. The van der Waals surface area contributed by atoms with Crippen molar-refractivity contribution in [3.63, 3.8) is 0 Å². The predicted molar refractivity (Wildman–Crippen MR) is 121 cm³/mol. The van der Waals surface area contributed by atoms with E-state index in [1.807, 2.05) is 13.8 Å². The Balaban J connectivity index is 1.60. The predicted octanol–water partition coefficient (Wildman–Crippen LogP) is 5.88. The van der Waals surface area contributed by atoms with Crippen LogP contribution in [0.3, 0.4) is 0 Å². The molecule has 3 rings (SSSR count). The third kappa shape index (κ3) is 5.75. The number of benzene rings is 3. The molecule has 3 aromatic carbocycles. The second-order valence-corrected chi connectivity index (χ2v) is 7.57. The van der Waals surface area contributed by atoms with E-state index in [0.717, 1.165) is 11.1 Å². The lowest BCUT2D eigenvalue weighted by Crippen LogP contribution is -2.20. The van der Waals surface area contributed by atoms with Crippen LogP contribution in [0.5, 0.6) is 5.75 Å². The van der Waals surface area contributed by atoms with Gasteiger partial charge in [0.1, 0.15) is 5.75 Å². The minimum atomic E-state index is -0.340. The lowest BCUT2D eigenvalue weighted by atomic mass is 10.1. The number of rotatable bonds is 6. The Kier molecular flexibility index (Phi) is 6.98. The van der Waals surface area contributed by atoms with Gasteiger partial charge in [0.2, 0.25) is 0 Å². The lowest BCUT2D eigenvalue weighted by Gasteiger charge is -2.11. The molecule has 0 unspecified atom stereocenters. The fourth-order valence-corrected chi connectivity index (χ4v) is 3.14. The number of nitrogens with one attached hydrogen (secondary N) is 2. The molecule has 0 saturated heterocycles. The van der Waals surface area contributed by atoms with Crippen LogP contribution in [0, 0.1) is 13.8 Å². The van der Waals surface area contributed by atoms with Gasteiger partial charge in [0.15, 0.2) is 6.61 Å². The van der Waals surface area contributed by atoms with Gasteiger partial charge in [0, 0.05) is 27.0 Å². The van der Waals surface area contributed by atoms with Gasteiger partial charge in [-0.2, -0.15) is 0 Å². The summed E-state index contributed by atoms with van der Waals surface area (Å²) in [6.07, 6.45) is 0. The molecule has 0 aromatic heterocycles. The Morgan fingerprint density at radius 1 is 0.867 bits per heavy atom. The molecule has 0 bridgehead atoms. The van der Waals surface area contributed by atoms with E-state index in [-0.39, 0.29) is 18.4 Å². The van der Waals surface area contributed by atoms with Gasteiger partial charge in [-0.15, -0.1) is 0 Å². The van der Waals surface area contributed by atoms with Crippen LogP contribution in [0.1, 0.15) is 21.5 Å². The van der Waals surface area contributed by atoms with Crippen molar-refractivity contribution in [1.82, 2.24) is 0 Å². The second-order valence-electron chi connectivity index (χ2n) is 6.75. The van der Waals surface area contributed by atoms with Gasteiger partial charge in [-0.1, -0.05) is 35.3 Å². The molecule has 0 saturated carbocycles. The van der Waals surface area contributed by atoms with Crippen molar-refractivity contribution in [3.05, 3.63) is 87.4 Å². The number of hydrogen-bond donors (Lipinski definition) is 2. The van der Waals surface area contributed by atoms with Crippen LogP contribution in [-0.2, 0) is 4.79 Å². The number of hydrogen-bond acceptors (Lipinski definition) is 3. The average molecular weight is 443 g/mol. The molecule has 0 aliphatic carbocycles. The third-order valence-electron chi connectivity index (χ3n) is 4.27. The highest BCUT2D eigenvalue weighted by atomic mass is 35.5. The van der Waals surface area contributed by atoms with Crippen molar-refractivity contribution in [2.75, 3.05) is 17.2 Å². The van der Waals surface area contributed by atoms with Gasteiger partial charge in [0.05, 0.1) is 0 Å². The lowest BCUT2D eigenvalue weighted by molar-refractivity contribution is -0.118. The molecule has 30 heavy (non-hydrogen) atoms. The van der Waals surface area contributed by atoms with Gasteiger partial charge in [-0.3, -0.25) is 9.59 Å². The van der Waals surface area contributed by atoms with Crippen LogP contribution in [-0.4, -0.2) is 18.4 Å². The normalized spacial score (nSPS) is 10.4. The smallest absolute Gasteiger partial charge is 0.262 e. The van der Waals surface area contributed by atoms with Crippen LogP contribution >= 0.6 is 23.2 Å². The summed E-state index contributed by atoms with van der Waals surface area (Å²) in [5.74, 6) is -0.0800. The van der Waals surface area contributed by atoms with E-state index in [2.05, 4.69) is 10.6 Å². The molecule has 0 radical (unpaired) electrons. The third-order valence-corrected chi connectivity index (χ3v) is 5.10. The van der Waals surface area contributed by atoms with E-state index in [0.29, 0.717) is 32.7 Å². The molecule has 154 valence electrons. The fraction of sp³-hybridized carbons (Fsp3) is 0.130. The summed E-state index contributed by atoms with van der Waals surface area (Å²) in [6, 6.07) is 17.1. The second kappa shape index (κ2) is 9.65. The summed E-state index contributed by atoms with van der Waals surface area (Å²) >= 11 is 12.1. The maximum atomic E-state index is 12.5. The van der Waals surface area contributed by atoms with Crippen LogP contribution < -0.4 is 15.4 Å². The summed E-state index contributed by atoms with van der Waals surface area (Å²) < 4.78 is 5.56. The summed E-state index contributed by atoms with van der Waals surface area (Å²) in [7, 11) is 0. The largest absolute Gasteiger partial charge is 0.484 e.